The molecular weight excluding hydrogens is 465 g/mol. The monoisotopic (exact) mass is 501 g/mol. The molecule has 8 nitrogen and oxygen atoms in total. The van der Waals surface area contributed by atoms with Crippen molar-refractivity contribution in [3.05, 3.63) is 59.4 Å². The molecule has 3 rings (SSSR count). The lowest BCUT2D eigenvalue weighted by Crippen LogP contribution is -2.46. The fraction of sp³-hybridized carbons (Fsp3) is 0.481. The van der Waals surface area contributed by atoms with Gasteiger partial charge >= 0.3 is 0 Å². The highest BCUT2D eigenvalue weighted by Crippen LogP contribution is 2.27. The molecule has 3 atom stereocenters. The van der Waals surface area contributed by atoms with Crippen molar-refractivity contribution < 1.29 is 28.2 Å². The summed E-state index contributed by atoms with van der Waals surface area (Å²) in [6.45, 7) is 5.94. The zero-order valence-electron chi connectivity index (χ0n) is 21.6. The van der Waals surface area contributed by atoms with E-state index in [0.29, 0.717) is 43.2 Å². The number of hydrogen-bond donors (Lipinski definition) is 1. The molecule has 0 spiro atoms. The van der Waals surface area contributed by atoms with Crippen molar-refractivity contribution in [1.82, 2.24) is 9.80 Å². The molecule has 196 valence electrons. The first kappa shape index (κ1) is 27.6. The van der Waals surface area contributed by atoms with Gasteiger partial charge in [0.25, 0.3) is 5.91 Å². The van der Waals surface area contributed by atoms with Gasteiger partial charge in [-0.15, -0.1) is 0 Å². The van der Waals surface area contributed by atoms with Crippen molar-refractivity contribution in [3.8, 4) is 5.75 Å². The fourth-order valence-electron chi connectivity index (χ4n) is 4.34. The van der Waals surface area contributed by atoms with Crippen LogP contribution in [-0.4, -0.2) is 81.3 Å². The van der Waals surface area contributed by atoms with E-state index in [1.54, 1.807) is 49.4 Å². The lowest BCUT2D eigenvalue weighted by molar-refractivity contribution is -0.119. The molecule has 9 heteroatoms. The summed E-state index contributed by atoms with van der Waals surface area (Å²) in [5.74, 6) is -0.300. The molecule has 0 saturated heterocycles. The number of anilines is 1. The third-order valence-corrected chi connectivity index (χ3v) is 6.41. The number of benzene rings is 2. The van der Waals surface area contributed by atoms with Gasteiger partial charge in [0.2, 0.25) is 5.91 Å². The standard InChI is InChI=1S/C27H36FN3O5/c1-18-13-31(14-20-7-6-8-21(28)11-20)19(2)16-36-24-12-22(29-26(32)17-34-4)9-10-23(24)27(33)30(3)15-25(18)35-5/h6-12,18-19,25H,13-17H2,1-5H3,(H,29,32)/t18-,19-,25+/m0/s1. The molecule has 2 amide bonds. The minimum Gasteiger partial charge on any atom is -0.491 e. The minimum atomic E-state index is -0.305. The normalized spacial score (nSPS) is 21.7. The number of nitrogens with one attached hydrogen (secondary N) is 1. The van der Waals surface area contributed by atoms with E-state index >= 15 is 0 Å². The first-order chi connectivity index (χ1) is 17.2. The van der Waals surface area contributed by atoms with E-state index in [2.05, 4.69) is 17.1 Å². The SMILES string of the molecule is COCC(=O)Nc1ccc2c(c1)OC[C@H](C)N(Cc1cccc(F)c1)C[C@H](C)[C@H](OC)CN(C)C2=O. The second-order valence-electron chi connectivity index (χ2n) is 9.35. The van der Waals surface area contributed by atoms with Crippen LogP contribution in [0, 0.1) is 11.7 Å². The number of methoxy groups -OCH3 is 2. The smallest absolute Gasteiger partial charge is 0.257 e. The van der Waals surface area contributed by atoms with E-state index in [1.807, 2.05) is 13.0 Å². The van der Waals surface area contributed by atoms with Crippen molar-refractivity contribution in [2.75, 3.05) is 52.9 Å². The van der Waals surface area contributed by atoms with Crippen LogP contribution in [0.15, 0.2) is 42.5 Å². The first-order valence-electron chi connectivity index (χ1n) is 12.0. The largest absolute Gasteiger partial charge is 0.491 e. The lowest BCUT2D eigenvalue weighted by atomic mass is 10.0. The zero-order chi connectivity index (χ0) is 26.2. The Labute approximate surface area is 212 Å². The average molecular weight is 502 g/mol. The van der Waals surface area contributed by atoms with Crippen molar-refractivity contribution in [2.24, 2.45) is 5.92 Å². The molecule has 0 aromatic heterocycles. The van der Waals surface area contributed by atoms with Gasteiger partial charge < -0.3 is 24.4 Å². The van der Waals surface area contributed by atoms with E-state index in [0.717, 1.165) is 5.56 Å². The van der Waals surface area contributed by atoms with E-state index in [9.17, 15) is 14.0 Å². The molecule has 1 aliphatic rings. The second-order valence-corrected chi connectivity index (χ2v) is 9.35. The summed E-state index contributed by atoms with van der Waals surface area (Å²) in [5, 5.41) is 2.75. The van der Waals surface area contributed by atoms with Gasteiger partial charge in [0, 0.05) is 58.7 Å². The van der Waals surface area contributed by atoms with Crippen molar-refractivity contribution in [2.45, 2.75) is 32.5 Å². The summed E-state index contributed by atoms with van der Waals surface area (Å²) in [7, 11) is 4.83. The predicted octanol–water partition coefficient (Wildman–Crippen LogP) is 3.42. The zero-order valence-corrected chi connectivity index (χ0v) is 21.6. The maximum absolute atomic E-state index is 13.9. The Hall–Kier alpha value is -3.01. The van der Waals surface area contributed by atoms with Crippen molar-refractivity contribution >= 4 is 17.5 Å². The molecule has 2 aromatic rings. The maximum atomic E-state index is 13.9. The molecular formula is C27H36FN3O5. The van der Waals surface area contributed by atoms with Crippen LogP contribution >= 0.6 is 0 Å². The van der Waals surface area contributed by atoms with Crippen LogP contribution in [0.4, 0.5) is 10.1 Å². The van der Waals surface area contributed by atoms with E-state index in [1.165, 1.54) is 13.2 Å². The summed E-state index contributed by atoms with van der Waals surface area (Å²) >= 11 is 0. The lowest BCUT2D eigenvalue weighted by Gasteiger charge is -2.36. The topological polar surface area (TPSA) is 80.3 Å². The molecule has 36 heavy (non-hydrogen) atoms. The Balaban J connectivity index is 1.93. The van der Waals surface area contributed by atoms with Gasteiger partial charge in [-0.25, -0.2) is 4.39 Å². The van der Waals surface area contributed by atoms with Crippen LogP contribution in [0.2, 0.25) is 0 Å². The van der Waals surface area contributed by atoms with Gasteiger partial charge in [0.05, 0.1) is 11.7 Å². The second kappa shape index (κ2) is 12.8. The van der Waals surface area contributed by atoms with Gasteiger partial charge in [-0.05, 0) is 42.7 Å². The molecule has 0 aliphatic carbocycles. The van der Waals surface area contributed by atoms with Gasteiger partial charge in [-0.2, -0.15) is 0 Å². The van der Waals surface area contributed by atoms with Crippen LogP contribution in [0.5, 0.6) is 5.75 Å². The highest BCUT2D eigenvalue weighted by atomic mass is 19.1. The summed E-state index contributed by atoms with van der Waals surface area (Å²) < 4.78 is 30.7. The van der Waals surface area contributed by atoms with Gasteiger partial charge in [0.1, 0.15) is 24.8 Å². The maximum Gasteiger partial charge on any atom is 0.257 e. The molecule has 2 aromatic carbocycles. The average Bonchev–Trinajstić information content (AvgIpc) is 2.84. The number of carbonyl (C=O) groups excluding carboxylic acids is 2. The summed E-state index contributed by atoms with van der Waals surface area (Å²) in [6, 6.07) is 11.5. The molecule has 0 saturated carbocycles. The highest BCUT2D eigenvalue weighted by molar-refractivity contribution is 5.98. The highest BCUT2D eigenvalue weighted by Gasteiger charge is 2.28. The third-order valence-electron chi connectivity index (χ3n) is 6.41. The predicted molar refractivity (Wildman–Crippen MR) is 136 cm³/mol. The van der Waals surface area contributed by atoms with E-state index in [-0.39, 0.29) is 42.3 Å². The minimum absolute atomic E-state index is 0.0555. The summed E-state index contributed by atoms with van der Waals surface area (Å²) in [5.41, 5.74) is 1.77. The number of amides is 2. The number of fused-ring (bicyclic) bond motifs is 1. The number of rotatable bonds is 6. The Morgan fingerprint density at radius 2 is 1.94 bits per heavy atom. The van der Waals surface area contributed by atoms with Gasteiger partial charge in [0.15, 0.2) is 0 Å². The molecule has 1 N–H and O–H groups in total. The first-order valence-corrected chi connectivity index (χ1v) is 12.0. The van der Waals surface area contributed by atoms with E-state index in [4.69, 9.17) is 14.2 Å². The third kappa shape index (κ3) is 7.25. The summed E-state index contributed by atoms with van der Waals surface area (Å²) in [6.07, 6.45) is -0.197. The fourth-order valence-corrected chi connectivity index (χ4v) is 4.34. The number of likely N-dealkylation sites (N-methyl/N-ethyl adjacent to an activating group) is 1. The van der Waals surface area contributed by atoms with Crippen LogP contribution < -0.4 is 10.1 Å². The van der Waals surface area contributed by atoms with Crippen LogP contribution in [0.1, 0.15) is 29.8 Å². The number of hydrogen-bond acceptors (Lipinski definition) is 6. The molecule has 0 radical (unpaired) electrons. The Morgan fingerprint density at radius 3 is 2.64 bits per heavy atom. The van der Waals surface area contributed by atoms with Crippen LogP contribution in [0.25, 0.3) is 0 Å². The summed E-state index contributed by atoms with van der Waals surface area (Å²) in [4.78, 5) is 29.2. The number of carbonyl (C=O) groups is 2. The quantitative estimate of drug-likeness (QED) is 0.654. The molecule has 0 bridgehead atoms. The van der Waals surface area contributed by atoms with Crippen molar-refractivity contribution in [3.63, 3.8) is 0 Å². The van der Waals surface area contributed by atoms with Gasteiger partial charge in [-0.3, -0.25) is 14.5 Å². The van der Waals surface area contributed by atoms with Gasteiger partial charge in [-0.1, -0.05) is 19.1 Å². The molecule has 0 fully saturated rings. The Kier molecular flexibility index (Phi) is 9.81. The van der Waals surface area contributed by atoms with E-state index < -0.39 is 0 Å². The number of ether oxygens (including phenoxy) is 3. The Morgan fingerprint density at radius 1 is 1.17 bits per heavy atom. The number of nitrogens with zero attached hydrogens (tertiary/aromatic N) is 2. The number of halogens is 1. The molecule has 0 unspecified atom stereocenters. The van der Waals surface area contributed by atoms with Crippen LogP contribution in [-0.2, 0) is 20.8 Å². The molecule has 1 heterocycles. The Bertz CT molecular complexity index is 1050. The molecule has 1 aliphatic heterocycles. The van der Waals surface area contributed by atoms with Crippen LogP contribution in [0.3, 0.4) is 0 Å². The van der Waals surface area contributed by atoms with Crippen molar-refractivity contribution in [1.29, 1.82) is 0 Å².